The fourth-order valence-corrected chi connectivity index (χ4v) is 1.64. The van der Waals surface area contributed by atoms with E-state index in [1.54, 1.807) is 0 Å². The van der Waals surface area contributed by atoms with Crippen molar-refractivity contribution in [3.05, 3.63) is 34.3 Å². The van der Waals surface area contributed by atoms with Crippen LogP contribution in [0.2, 0.25) is 0 Å². The molecule has 0 heterocycles. The Morgan fingerprint density at radius 3 is 2.81 bits per heavy atom. The van der Waals surface area contributed by atoms with Crippen molar-refractivity contribution < 1.29 is 9.84 Å². The first kappa shape index (κ1) is 15.9. The maximum absolute atomic E-state index is 8.48. The van der Waals surface area contributed by atoms with Crippen LogP contribution in [0.5, 0.6) is 0 Å². The van der Waals surface area contributed by atoms with Gasteiger partial charge in [0.15, 0.2) is 0 Å². The molecule has 0 radical (unpaired) electrons. The second-order valence-electron chi connectivity index (χ2n) is 3.14. The maximum Gasteiger partial charge on any atom is 0.0698 e. The van der Waals surface area contributed by atoms with Crippen LogP contribution < -0.4 is 5.32 Å². The van der Waals surface area contributed by atoms with Crippen molar-refractivity contribution in [3.63, 3.8) is 0 Å². The molecule has 1 aromatic carbocycles. The van der Waals surface area contributed by atoms with Gasteiger partial charge in [0.2, 0.25) is 0 Å². The topological polar surface area (TPSA) is 41.5 Å². The minimum absolute atomic E-state index is 0. The van der Waals surface area contributed by atoms with Crippen molar-refractivity contribution in [2.45, 2.75) is 6.54 Å². The van der Waals surface area contributed by atoms with Crippen LogP contribution >= 0.6 is 28.3 Å². The van der Waals surface area contributed by atoms with Gasteiger partial charge in [-0.3, -0.25) is 0 Å². The zero-order valence-corrected chi connectivity index (χ0v) is 11.4. The summed E-state index contributed by atoms with van der Waals surface area (Å²) in [4.78, 5) is 0. The molecule has 0 unspecified atom stereocenters. The average Bonchev–Trinajstić information content (AvgIpc) is 2.23. The normalized spacial score (nSPS) is 9.88. The van der Waals surface area contributed by atoms with E-state index in [1.807, 2.05) is 12.1 Å². The lowest BCUT2D eigenvalue weighted by atomic mass is 10.2. The van der Waals surface area contributed by atoms with Gasteiger partial charge in [-0.1, -0.05) is 28.1 Å². The molecule has 0 saturated heterocycles. The molecule has 5 heteroatoms. The smallest absolute Gasteiger partial charge is 0.0698 e. The zero-order valence-electron chi connectivity index (χ0n) is 8.99. The van der Waals surface area contributed by atoms with Gasteiger partial charge in [0.25, 0.3) is 0 Å². The standard InChI is InChI=1S/C11H16BrNO2.ClH/c12-11-3-1-2-10(8-11)9-13-4-6-15-7-5-14;/h1-3,8,13-14H,4-7,9H2;1H. The van der Waals surface area contributed by atoms with Crippen LogP contribution in [0.3, 0.4) is 0 Å². The van der Waals surface area contributed by atoms with E-state index in [0.717, 1.165) is 17.6 Å². The number of aliphatic hydroxyl groups is 1. The summed E-state index contributed by atoms with van der Waals surface area (Å²) in [5.41, 5.74) is 1.24. The molecule has 0 atom stereocenters. The lowest BCUT2D eigenvalue weighted by Gasteiger charge is -2.05. The predicted molar refractivity (Wildman–Crippen MR) is 71.0 cm³/mol. The van der Waals surface area contributed by atoms with Crippen LogP contribution in [-0.4, -0.2) is 31.5 Å². The highest BCUT2D eigenvalue weighted by atomic mass is 79.9. The Bertz CT molecular complexity index is 286. The van der Waals surface area contributed by atoms with E-state index >= 15 is 0 Å². The molecule has 0 aliphatic carbocycles. The molecule has 0 fully saturated rings. The molecule has 0 aromatic heterocycles. The van der Waals surface area contributed by atoms with E-state index in [0.29, 0.717) is 13.2 Å². The van der Waals surface area contributed by atoms with E-state index in [1.165, 1.54) is 5.56 Å². The zero-order chi connectivity index (χ0) is 10.9. The summed E-state index contributed by atoms with van der Waals surface area (Å²) in [7, 11) is 0. The summed E-state index contributed by atoms with van der Waals surface area (Å²) in [5, 5.41) is 11.7. The van der Waals surface area contributed by atoms with Gasteiger partial charge in [0.1, 0.15) is 0 Å². The molecular formula is C11H17BrClNO2. The predicted octanol–water partition coefficient (Wildman–Crippen LogP) is 1.97. The van der Waals surface area contributed by atoms with E-state index in [2.05, 4.69) is 33.4 Å². The number of ether oxygens (including phenoxy) is 1. The Balaban J connectivity index is 0.00000225. The lowest BCUT2D eigenvalue weighted by Crippen LogP contribution is -2.19. The Labute approximate surface area is 111 Å². The summed E-state index contributed by atoms with van der Waals surface area (Å²) >= 11 is 3.43. The van der Waals surface area contributed by atoms with Gasteiger partial charge < -0.3 is 15.2 Å². The molecule has 16 heavy (non-hydrogen) atoms. The minimum atomic E-state index is 0. The summed E-state index contributed by atoms with van der Waals surface area (Å²) < 4.78 is 6.22. The number of benzene rings is 1. The number of halogens is 2. The van der Waals surface area contributed by atoms with Crippen molar-refractivity contribution >= 4 is 28.3 Å². The number of hydrogen-bond acceptors (Lipinski definition) is 3. The Kier molecular flexibility index (Phi) is 9.97. The number of hydrogen-bond donors (Lipinski definition) is 2. The molecule has 92 valence electrons. The van der Waals surface area contributed by atoms with Gasteiger partial charge in [0.05, 0.1) is 19.8 Å². The molecule has 0 aliphatic heterocycles. The molecule has 1 aromatic rings. The largest absolute Gasteiger partial charge is 0.394 e. The molecule has 3 nitrogen and oxygen atoms in total. The van der Waals surface area contributed by atoms with Crippen LogP contribution in [0.15, 0.2) is 28.7 Å². The van der Waals surface area contributed by atoms with Crippen LogP contribution in [0.25, 0.3) is 0 Å². The molecule has 0 aliphatic rings. The van der Waals surface area contributed by atoms with E-state index in [4.69, 9.17) is 9.84 Å². The molecule has 0 bridgehead atoms. The average molecular weight is 311 g/mol. The van der Waals surface area contributed by atoms with Crippen molar-refractivity contribution in [2.24, 2.45) is 0 Å². The first-order chi connectivity index (χ1) is 7.33. The van der Waals surface area contributed by atoms with Gasteiger partial charge in [-0.15, -0.1) is 12.4 Å². The highest BCUT2D eigenvalue weighted by Gasteiger charge is 1.93. The maximum atomic E-state index is 8.48. The Morgan fingerprint density at radius 2 is 2.12 bits per heavy atom. The number of rotatable bonds is 7. The quantitative estimate of drug-likeness (QED) is 0.757. The van der Waals surface area contributed by atoms with Crippen LogP contribution in [0.1, 0.15) is 5.56 Å². The third kappa shape index (κ3) is 7.19. The Hall–Kier alpha value is -0.130. The second-order valence-corrected chi connectivity index (χ2v) is 4.06. The van der Waals surface area contributed by atoms with Gasteiger partial charge >= 0.3 is 0 Å². The highest BCUT2D eigenvalue weighted by molar-refractivity contribution is 9.10. The fraction of sp³-hybridized carbons (Fsp3) is 0.455. The number of nitrogens with one attached hydrogen (secondary N) is 1. The first-order valence-electron chi connectivity index (χ1n) is 4.96. The lowest BCUT2D eigenvalue weighted by molar-refractivity contribution is 0.0938. The summed E-state index contributed by atoms with van der Waals surface area (Å²) in [5.74, 6) is 0. The minimum Gasteiger partial charge on any atom is -0.394 e. The van der Waals surface area contributed by atoms with Gasteiger partial charge in [-0.25, -0.2) is 0 Å². The van der Waals surface area contributed by atoms with Gasteiger partial charge in [-0.05, 0) is 17.7 Å². The van der Waals surface area contributed by atoms with Gasteiger partial charge in [-0.2, -0.15) is 0 Å². The van der Waals surface area contributed by atoms with E-state index < -0.39 is 0 Å². The van der Waals surface area contributed by atoms with Crippen molar-refractivity contribution in [1.29, 1.82) is 0 Å². The Morgan fingerprint density at radius 1 is 1.31 bits per heavy atom. The monoisotopic (exact) mass is 309 g/mol. The van der Waals surface area contributed by atoms with E-state index in [-0.39, 0.29) is 19.0 Å². The molecule has 2 N–H and O–H groups in total. The molecule has 0 saturated carbocycles. The molecule has 1 rings (SSSR count). The summed E-state index contributed by atoms with van der Waals surface area (Å²) in [6, 6.07) is 8.19. The molecular weight excluding hydrogens is 293 g/mol. The van der Waals surface area contributed by atoms with Crippen molar-refractivity contribution in [1.82, 2.24) is 5.32 Å². The van der Waals surface area contributed by atoms with E-state index in [9.17, 15) is 0 Å². The molecule has 0 spiro atoms. The third-order valence-corrected chi connectivity index (χ3v) is 2.37. The van der Waals surface area contributed by atoms with Crippen molar-refractivity contribution in [2.75, 3.05) is 26.4 Å². The fourth-order valence-electron chi connectivity index (χ4n) is 1.19. The van der Waals surface area contributed by atoms with Crippen LogP contribution in [-0.2, 0) is 11.3 Å². The third-order valence-electron chi connectivity index (χ3n) is 1.88. The number of aliphatic hydroxyl groups excluding tert-OH is 1. The van der Waals surface area contributed by atoms with Gasteiger partial charge in [0, 0.05) is 17.6 Å². The second kappa shape index (κ2) is 10.1. The van der Waals surface area contributed by atoms with Crippen LogP contribution in [0.4, 0.5) is 0 Å². The highest BCUT2D eigenvalue weighted by Crippen LogP contribution is 2.10. The first-order valence-corrected chi connectivity index (χ1v) is 5.76. The van der Waals surface area contributed by atoms with Crippen molar-refractivity contribution in [3.8, 4) is 0 Å². The molecule has 0 amide bonds. The summed E-state index contributed by atoms with van der Waals surface area (Å²) in [6.45, 7) is 2.77. The summed E-state index contributed by atoms with van der Waals surface area (Å²) in [6.07, 6.45) is 0. The van der Waals surface area contributed by atoms with Crippen LogP contribution in [0, 0.1) is 0 Å². The SMILES string of the molecule is Cl.OCCOCCNCc1cccc(Br)c1.